The molecule has 0 aliphatic rings. The molecule has 0 aliphatic carbocycles. The monoisotopic (exact) mass is 216 g/mol. The van der Waals surface area contributed by atoms with Crippen molar-refractivity contribution in [1.82, 2.24) is 9.97 Å². The van der Waals surface area contributed by atoms with Crippen molar-refractivity contribution in [2.75, 3.05) is 11.2 Å². The van der Waals surface area contributed by atoms with Gasteiger partial charge in [-0.3, -0.25) is 5.21 Å². The van der Waals surface area contributed by atoms with E-state index >= 15 is 0 Å². The molecule has 0 radical (unpaired) electrons. The van der Waals surface area contributed by atoms with Gasteiger partial charge in [0.25, 0.3) is 5.82 Å². The van der Waals surface area contributed by atoms with E-state index in [1.165, 1.54) is 5.48 Å². The Morgan fingerprint density at radius 1 is 1.20 bits per heavy atom. The molecule has 0 fully saturated rings. The summed E-state index contributed by atoms with van der Waals surface area (Å²) < 4.78 is 0. The van der Waals surface area contributed by atoms with Crippen LogP contribution in [0, 0.1) is 20.2 Å². The fraction of sp³-hybridized carbons (Fsp3) is 0. The summed E-state index contributed by atoms with van der Waals surface area (Å²) >= 11 is 0. The summed E-state index contributed by atoms with van der Waals surface area (Å²) in [5, 5.41) is 29.1. The van der Waals surface area contributed by atoms with Crippen LogP contribution in [0.4, 0.5) is 23.3 Å². The molecule has 0 bridgehead atoms. The van der Waals surface area contributed by atoms with Gasteiger partial charge in [0.2, 0.25) is 5.82 Å². The van der Waals surface area contributed by atoms with Crippen LogP contribution in [-0.2, 0) is 0 Å². The number of hydrogen-bond acceptors (Lipinski definition) is 9. The molecule has 11 heteroatoms. The summed E-state index contributed by atoms with van der Waals surface area (Å²) in [7, 11) is 0. The van der Waals surface area contributed by atoms with Gasteiger partial charge in [0, 0.05) is 4.98 Å². The minimum Gasteiger partial charge on any atom is -0.377 e. The van der Waals surface area contributed by atoms with Gasteiger partial charge in [0.05, 0.1) is 0 Å². The first-order valence-corrected chi connectivity index (χ1v) is 3.33. The van der Waals surface area contributed by atoms with E-state index in [9.17, 15) is 20.2 Å². The van der Waals surface area contributed by atoms with Gasteiger partial charge in [0.15, 0.2) is 0 Å². The minimum atomic E-state index is -1.04. The van der Waals surface area contributed by atoms with E-state index in [4.69, 9.17) is 10.9 Å². The Balaban J connectivity index is 3.43. The molecule has 0 aliphatic heterocycles. The van der Waals surface area contributed by atoms with E-state index in [1.807, 2.05) is 0 Å². The van der Waals surface area contributed by atoms with Gasteiger partial charge < -0.3 is 26.0 Å². The van der Waals surface area contributed by atoms with E-state index < -0.39 is 33.1 Å². The Morgan fingerprint density at radius 3 is 2.13 bits per heavy atom. The van der Waals surface area contributed by atoms with Crippen molar-refractivity contribution >= 4 is 23.3 Å². The van der Waals surface area contributed by atoms with E-state index in [0.717, 1.165) is 0 Å². The number of nitrogens with zero attached hydrogens (tertiary/aromatic N) is 4. The third-order valence-corrected chi connectivity index (χ3v) is 1.34. The predicted molar refractivity (Wildman–Crippen MR) is 45.2 cm³/mol. The van der Waals surface area contributed by atoms with Crippen LogP contribution in [0.2, 0.25) is 0 Å². The number of aromatic nitrogens is 2. The fourth-order valence-electron chi connectivity index (χ4n) is 0.768. The molecule has 0 unspecified atom stereocenters. The summed E-state index contributed by atoms with van der Waals surface area (Å²) in [5.74, 6) is -3.23. The molecule has 0 saturated carbocycles. The maximum absolute atomic E-state index is 10.4. The molecular weight excluding hydrogens is 212 g/mol. The summed E-state index contributed by atoms with van der Waals surface area (Å²) in [6.45, 7) is 0. The second-order valence-corrected chi connectivity index (χ2v) is 2.23. The Hall–Kier alpha value is -2.56. The fourth-order valence-corrected chi connectivity index (χ4v) is 0.768. The van der Waals surface area contributed by atoms with E-state index in [-0.39, 0.29) is 0 Å². The van der Waals surface area contributed by atoms with Crippen molar-refractivity contribution in [3.63, 3.8) is 0 Å². The quantitative estimate of drug-likeness (QED) is 0.452. The first kappa shape index (κ1) is 10.5. The minimum absolute atomic E-state index is 0.637. The molecule has 0 atom stereocenters. The van der Waals surface area contributed by atoms with Crippen molar-refractivity contribution in [1.29, 1.82) is 0 Å². The topological polar surface area (TPSA) is 170 Å². The maximum atomic E-state index is 10.4. The van der Waals surface area contributed by atoms with E-state index in [0.29, 0.717) is 0 Å². The van der Waals surface area contributed by atoms with Crippen LogP contribution >= 0.6 is 0 Å². The molecule has 1 heterocycles. The van der Waals surface area contributed by atoms with Crippen molar-refractivity contribution in [3.05, 3.63) is 20.2 Å². The Labute approximate surface area is 80.8 Å². The highest BCUT2D eigenvalue weighted by molar-refractivity contribution is 5.59. The van der Waals surface area contributed by atoms with Gasteiger partial charge in [-0.25, -0.2) is 5.48 Å². The number of hydrogen-bond donors (Lipinski definition) is 3. The van der Waals surface area contributed by atoms with Crippen molar-refractivity contribution in [2.45, 2.75) is 0 Å². The second kappa shape index (κ2) is 3.67. The Morgan fingerprint density at radius 2 is 1.73 bits per heavy atom. The third kappa shape index (κ3) is 1.86. The highest BCUT2D eigenvalue weighted by Crippen LogP contribution is 2.25. The van der Waals surface area contributed by atoms with E-state index in [2.05, 4.69) is 9.97 Å². The molecule has 1 aromatic rings. The third-order valence-electron chi connectivity index (χ3n) is 1.34. The lowest BCUT2D eigenvalue weighted by Crippen LogP contribution is -2.08. The predicted octanol–water partition coefficient (Wildman–Crippen LogP) is -0.324. The molecule has 0 spiro atoms. The van der Waals surface area contributed by atoms with Crippen molar-refractivity contribution in [3.8, 4) is 0 Å². The number of anilines is 2. The molecule has 1 aromatic heterocycles. The Bertz CT molecular complexity index is 432. The molecule has 0 saturated heterocycles. The van der Waals surface area contributed by atoms with Crippen LogP contribution in [0.3, 0.4) is 0 Å². The van der Waals surface area contributed by atoms with Gasteiger partial charge in [0.1, 0.15) is 0 Å². The van der Waals surface area contributed by atoms with Gasteiger partial charge in [-0.15, -0.1) is 0 Å². The van der Waals surface area contributed by atoms with Crippen molar-refractivity contribution in [2.24, 2.45) is 0 Å². The normalized spacial score (nSPS) is 9.67. The lowest BCUT2D eigenvalue weighted by molar-refractivity contribution is -0.402. The van der Waals surface area contributed by atoms with Crippen LogP contribution < -0.4 is 11.2 Å². The van der Waals surface area contributed by atoms with Crippen LogP contribution in [0.5, 0.6) is 0 Å². The summed E-state index contributed by atoms with van der Waals surface area (Å²) in [5.41, 5.74) is 6.44. The van der Waals surface area contributed by atoms with Crippen LogP contribution in [0.1, 0.15) is 0 Å². The van der Waals surface area contributed by atoms with Gasteiger partial charge in [-0.2, -0.15) is 4.98 Å². The van der Waals surface area contributed by atoms with E-state index in [1.54, 1.807) is 0 Å². The molecule has 11 nitrogen and oxygen atoms in total. The summed E-state index contributed by atoms with van der Waals surface area (Å²) in [6.07, 6.45) is 0. The largest absolute Gasteiger partial charge is 0.413 e. The van der Waals surface area contributed by atoms with Gasteiger partial charge in [-0.1, -0.05) is 0 Å². The molecule has 0 amide bonds. The first-order chi connectivity index (χ1) is 6.97. The van der Waals surface area contributed by atoms with Crippen LogP contribution in [0.15, 0.2) is 0 Å². The molecule has 0 aromatic carbocycles. The highest BCUT2D eigenvalue weighted by Gasteiger charge is 2.26. The number of nitro groups is 2. The second-order valence-electron chi connectivity index (χ2n) is 2.23. The lowest BCUT2D eigenvalue weighted by Gasteiger charge is -2.01. The number of nitrogens with two attached hydrogens (primary N) is 1. The smallest absolute Gasteiger partial charge is 0.377 e. The molecule has 4 N–H and O–H groups in total. The zero-order chi connectivity index (χ0) is 11.6. The van der Waals surface area contributed by atoms with Gasteiger partial charge in [-0.05, 0) is 9.85 Å². The number of rotatable bonds is 3. The average Bonchev–Trinajstić information content (AvgIpc) is 2.16. The lowest BCUT2D eigenvalue weighted by atomic mass is 10.5. The summed E-state index contributed by atoms with van der Waals surface area (Å²) in [6, 6.07) is 0. The highest BCUT2D eigenvalue weighted by atomic mass is 16.6. The number of nitrogens with one attached hydrogen (secondary N) is 1. The zero-order valence-corrected chi connectivity index (χ0v) is 6.95. The first-order valence-electron chi connectivity index (χ1n) is 3.33. The van der Waals surface area contributed by atoms with Gasteiger partial charge >= 0.3 is 11.6 Å². The molecular formula is C4H4N6O5. The summed E-state index contributed by atoms with van der Waals surface area (Å²) in [4.78, 5) is 24.8. The SMILES string of the molecule is Nc1nc(NO)c([N+](=O)[O-])nc1[N+](=O)[O-]. The standard InChI is InChI=1S/C4H4N6O5/c5-1-3(9(12)13)7-4(10(14)15)2(6-1)8-11/h11H,(H3,5,6,8). The molecule has 1 rings (SSSR count). The maximum Gasteiger partial charge on any atom is 0.413 e. The number of nitrogen functional groups attached to an aromatic ring is 1. The van der Waals surface area contributed by atoms with Crippen LogP contribution in [0.25, 0.3) is 0 Å². The molecule has 15 heavy (non-hydrogen) atoms. The molecule has 80 valence electrons. The zero-order valence-electron chi connectivity index (χ0n) is 6.95. The average molecular weight is 216 g/mol. The Kier molecular flexibility index (Phi) is 2.57. The van der Waals surface area contributed by atoms with Crippen LogP contribution in [-0.4, -0.2) is 25.0 Å². The van der Waals surface area contributed by atoms with Crippen molar-refractivity contribution < 1.29 is 15.1 Å².